The normalized spacial score (nSPS) is 35.8. The second kappa shape index (κ2) is 7.98. The van der Waals surface area contributed by atoms with Crippen molar-refractivity contribution >= 4 is 23.3 Å². The molecule has 0 heterocycles. The Morgan fingerprint density at radius 2 is 1.91 bits per heavy atom. The number of methoxy groups -OCH3 is 1. The molecule has 5 N–H and O–H groups in total. The van der Waals surface area contributed by atoms with Gasteiger partial charge >= 0.3 is 0 Å². The lowest BCUT2D eigenvalue weighted by Gasteiger charge is -2.54. The average Bonchev–Trinajstić information content (AvgIpc) is 2.72. The fourth-order valence-corrected chi connectivity index (χ4v) is 6.18. The van der Waals surface area contributed by atoms with Crippen molar-refractivity contribution in [2.45, 2.75) is 37.2 Å². The van der Waals surface area contributed by atoms with Crippen molar-refractivity contribution in [3.05, 3.63) is 28.8 Å². The summed E-state index contributed by atoms with van der Waals surface area (Å²) in [5, 5.41) is 32.8. The summed E-state index contributed by atoms with van der Waals surface area (Å²) >= 11 is 0. The Hall–Kier alpha value is -2.66. The molecule has 3 aliphatic rings. The first kappa shape index (κ1) is 23.5. The van der Waals surface area contributed by atoms with Crippen LogP contribution >= 0.6 is 0 Å². The number of amides is 1. The van der Waals surface area contributed by atoms with Crippen molar-refractivity contribution in [3.8, 4) is 5.75 Å². The first-order valence-corrected chi connectivity index (χ1v) is 10.8. The molecule has 33 heavy (non-hydrogen) atoms. The third kappa shape index (κ3) is 3.16. The van der Waals surface area contributed by atoms with Gasteiger partial charge in [0.1, 0.15) is 11.7 Å². The summed E-state index contributed by atoms with van der Waals surface area (Å²) in [4.78, 5) is 53.9. The number of carbonyl (C=O) groups excluding carboxylic acids is 4. The fraction of sp³-hybridized carbons (Fsp3) is 0.565. The number of carbonyl (C=O) groups is 4. The van der Waals surface area contributed by atoms with Crippen LogP contribution in [0.5, 0.6) is 5.75 Å². The van der Waals surface area contributed by atoms with Gasteiger partial charge in [-0.25, -0.2) is 0 Å². The predicted molar refractivity (Wildman–Crippen MR) is 113 cm³/mol. The molecule has 0 aromatic heterocycles. The van der Waals surface area contributed by atoms with E-state index in [1.165, 1.54) is 13.2 Å². The number of aromatic hydroxyl groups is 1. The maximum Gasteiger partial charge on any atom is 0.230 e. The Labute approximate surface area is 190 Å². The molecule has 1 aromatic rings. The highest BCUT2D eigenvalue weighted by Gasteiger charge is 2.69. The number of ether oxygens (including phenoxy) is 1. The third-order valence-corrected chi connectivity index (χ3v) is 7.57. The number of Topliss-reactive ketones (excluding diaryl/α,β-unsaturated/α-hetero) is 3. The van der Waals surface area contributed by atoms with Gasteiger partial charge in [-0.3, -0.25) is 19.2 Å². The number of primary amides is 1. The number of hydrogen-bond acceptors (Lipinski definition) is 9. The Kier molecular flexibility index (Phi) is 5.68. The number of rotatable bonds is 4. The number of ketones is 3. The van der Waals surface area contributed by atoms with Gasteiger partial charge in [0, 0.05) is 19.1 Å². The monoisotopic (exact) mass is 460 g/mol. The van der Waals surface area contributed by atoms with Gasteiger partial charge in [-0.2, -0.15) is 0 Å². The molecule has 0 aliphatic heterocycles. The third-order valence-electron chi connectivity index (χ3n) is 7.57. The van der Waals surface area contributed by atoms with Crippen LogP contribution in [-0.4, -0.2) is 82.4 Å². The molecule has 1 amide bonds. The standard InChI is InChI=1S/C23H28N2O8/c1-25(2)17-12-7-10-6-11-9(8-33-3)4-5-13(26)15(11)18(27)14(10)20(29)23(12,32)21(30)16(19(17)28)22(24)31/h4-5,10,12,14,16-17,19,26,28,32H,6-8H2,1-3H3,(H2,24,31)/t10-,12-,14?,16?,17-,19?,23-/m1/s1. The summed E-state index contributed by atoms with van der Waals surface area (Å²) in [5.41, 5.74) is 3.95. The number of benzene rings is 1. The van der Waals surface area contributed by atoms with Crippen LogP contribution in [0.1, 0.15) is 27.9 Å². The molecule has 0 spiro atoms. The van der Waals surface area contributed by atoms with Crippen molar-refractivity contribution < 1.29 is 39.2 Å². The molecule has 3 aliphatic carbocycles. The van der Waals surface area contributed by atoms with Crippen molar-refractivity contribution in [2.75, 3.05) is 21.2 Å². The molecule has 0 radical (unpaired) electrons. The van der Waals surface area contributed by atoms with Crippen LogP contribution in [0.4, 0.5) is 0 Å². The lowest BCUT2D eigenvalue weighted by Crippen LogP contribution is -2.75. The van der Waals surface area contributed by atoms with Gasteiger partial charge in [0.15, 0.2) is 23.0 Å². The molecule has 10 nitrogen and oxygen atoms in total. The molecule has 3 unspecified atom stereocenters. The second-order valence-electron chi connectivity index (χ2n) is 9.50. The lowest BCUT2D eigenvalue weighted by atomic mass is 9.52. The molecule has 2 saturated carbocycles. The van der Waals surface area contributed by atoms with Gasteiger partial charge in [-0.05, 0) is 50.0 Å². The Bertz CT molecular complexity index is 1050. The first-order valence-electron chi connectivity index (χ1n) is 10.8. The minimum absolute atomic E-state index is 0.0138. The highest BCUT2D eigenvalue weighted by atomic mass is 16.5. The number of aliphatic hydroxyl groups is 2. The van der Waals surface area contributed by atoms with Crippen LogP contribution < -0.4 is 5.73 Å². The van der Waals surface area contributed by atoms with Gasteiger partial charge < -0.3 is 30.7 Å². The number of likely N-dealkylation sites (N-methyl/N-ethyl adjacent to an activating group) is 1. The van der Waals surface area contributed by atoms with Gasteiger partial charge in [0.05, 0.1) is 24.2 Å². The number of fused-ring (bicyclic) bond motifs is 3. The number of hydrogen-bond donors (Lipinski definition) is 4. The van der Waals surface area contributed by atoms with E-state index in [0.29, 0.717) is 11.1 Å². The zero-order chi connectivity index (χ0) is 24.4. The van der Waals surface area contributed by atoms with Crippen molar-refractivity contribution in [1.29, 1.82) is 0 Å². The van der Waals surface area contributed by atoms with Crippen LogP contribution in [0.25, 0.3) is 0 Å². The molecule has 178 valence electrons. The van der Waals surface area contributed by atoms with E-state index in [4.69, 9.17) is 10.5 Å². The number of phenols is 1. The number of nitrogens with two attached hydrogens (primary N) is 1. The first-order chi connectivity index (χ1) is 15.5. The van der Waals surface area contributed by atoms with E-state index < -0.39 is 64.7 Å². The van der Waals surface area contributed by atoms with E-state index in [9.17, 15) is 34.5 Å². The predicted octanol–water partition coefficient (Wildman–Crippen LogP) is -1.19. The van der Waals surface area contributed by atoms with E-state index >= 15 is 0 Å². The van der Waals surface area contributed by atoms with Gasteiger partial charge in [0.25, 0.3) is 0 Å². The largest absolute Gasteiger partial charge is 0.507 e. The lowest BCUT2D eigenvalue weighted by molar-refractivity contribution is -0.190. The number of phenolic OH excluding ortho intramolecular Hbond substituents is 1. The number of aliphatic hydroxyl groups excluding tert-OH is 1. The smallest absolute Gasteiger partial charge is 0.230 e. The summed E-state index contributed by atoms with van der Waals surface area (Å²) < 4.78 is 5.21. The van der Waals surface area contributed by atoms with Crippen LogP contribution in [0, 0.1) is 23.7 Å². The number of nitrogens with zero attached hydrogens (tertiary/aromatic N) is 1. The fourth-order valence-electron chi connectivity index (χ4n) is 6.18. The molecule has 7 atom stereocenters. The Morgan fingerprint density at radius 3 is 2.48 bits per heavy atom. The summed E-state index contributed by atoms with van der Waals surface area (Å²) in [5.74, 6) is -9.06. The van der Waals surface area contributed by atoms with E-state index in [0.717, 1.165) is 0 Å². The summed E-state index contributed by atoms with van der Waals surface area (Å²) in [6.45, 7) is 0.201. The van der Waals surface area contributed by atoms with Gasteiger partial charge in [0.2, 0.25) is 5.91 Å². The Balaban J connectivity index is 1.86. The van der Waals surface area contributed by atoms with Gasteiger partial charge in [-0.15, -0.1) is 0 Å². The molecular weight excluding hydrogens is 432 g/mol. The molecule has 4 rings (SSSR count). The van der Waals surface area contributed by atoms with Crippen LogP contribution in [0.15, 0.2) is 12.1 Å². The van der Waals surface area contributed by atoms with E-state index in [1.54, 1.807) is 25.1 Å². The van der Waals surface area contributed by atoms with E-state index in [2.05, 4.69) is 0 Å². The molecule has 2 fully saturated rings. The molecule has 1 aromatic carbocycles. The van der Waals surface area contributed by atoms with E-state index in [-0.39, 0.29) is 30.8 Å². The van der Waals surface area contributed by atoms with Crippen LogP contribution in [0.3, 0.4) is 0 Å². The quantitative estimate of drug-likeness (QED) is 0.404. The SMILES string of the molecule is COCc1ccc(O)c2c1C[C@@H]1C[C@@H]3[C@@H](N(C)C)C(O)C(C(N)=O)C(=O)[C@]3(O)C(=O)C1C2=O. The van der Waals surface area contributed by atoms with Crippen molar-refractivity contribution in [2.24, 2.45) is 29.4 Å². The summed E-state index contributed by atoms with van der Waals surface area (Å²) in [6, 6.07) is 2.08. The highest BCUT2D eigenvalue weighted by Crippen LogP contribution is 2.51. The Morgan fingerprint density at radius 1 is 1.24 bits per heavy atom. The second-order valence-corrected chi connectivity index (χ2v) is 9.50. The maximum atomic E-state index is 13.7. The molecule has 0 bridgehead atoms. The van der Waals surface area contributed by atoms with Crippen molar-refractivity contribution in [1.82, 2.24) is 4.90 Å². The topological polar surface area (TPSA) is 167 Å². The average molecular weight is 460 g/mol. The zero-order valence-electron chi connectivity index (χ0n) is 18.6. The summed E-state index contributed by atoms with van der Waals surface area (Å²) in [6.07, 6.45) is -1.18. The van der Waals surface area contributed by atoms with Gasteiger partial charge in [-0.1, -0.05) is 6.07 Å². The maximum absolute atomic E-state index is 13.7. The van der Waals surface area contributed by atoms with Crippen LogP contribution in [-0.2, 0) is 32.1 Å². The minimum atomic E-state index is -2.65. The zero-order valence-corrected chi connectivity index (χ0v) is 18.6. The molecular formula is C23H28N2O8. The van der Waals surface area contributed by atoms with Crippen LogP contribution in [0.2, 0.25) is 0 Å². The molecule has 10 heteroatoms. The highest BCUT2D eigenvalue weighted by molar-refractivity contribution is 6.25. The van der Waals surface area contributed by atoms with E-state index in [1.807, 2.05) is 0 Å². The summed E-state index contributed by atoms with van der Waals surface area (Å²) in [7, 11) is 4.71. The minimum Gasteiger partial charge on any atom is -0.507 e. The molecule has 0 saturated heterocycles. The van der Waals surface area contributed by atoms with Crippen molar-refractivity contribution in [3.63, 3.8) is 0 Å².